The number of rotatable bonds is 3. The molecule has 1 heterocycles. The van der Waals surface area contributed by atoms with Gasteiger partial charge in [-0.1, -0.05) is 43.2 Å². The molecule has 3 atom stereocenters. The maximum absolute atomic E-state index is 11.6. The molecule has 3 unspecified atom stereocenters. The summed E-state index contributed by atoms with van der Waals surface area (Å²) < 4.78 is 0. The van der Waals surface area contributed by atoms with E-state index in [1.807, 2.05) is 18.2 Å². The van der Waals surface area contributed by atoms with Crippen molar-refractivity contribution in [2.24, 2.45) is 5.92 Å². The minimum absolute atomic E-state index is 0.297. The van der Waals surface area contributed by atoms with Gasteiger partial charge in [0, 0.05) is 12.6 Å². The molecule has 3 rings (SSSR count). The number of hydrogen-bond donors (Lipinski definition) is 1. The molecule has 108 valence electrons. The van der Waals surface area contributed by atoms with E-state index in [2.05, 4.69) is 17.0 Å². The lowest BCUT2D eigenvalue weighted by Gasteiger charge is -2.47. The van der Waals surface area contributed by atoms with Crippen molar-refractivity contribution >= 4 is 5.97 Å². The molecule has 3 heteroatoms. The highest BCUT2D eigenvalue weighted by molar-refractivity contribution is 5.73. The first kappa shape index (κ1) is 13.6. The SMILES string of the molecule is O=C(O)C1CCC2CCCCC2N1Cc1ccccc1. The molecule has 1 aromatic rings. The molecule has 0 bridgehead atoms. The van der Waals surface area contributed by atoms with Crippen molar-refractivity contribution < 1.29 is 9.90 Å². The number of likely N-dealkylation sites (tertiary alicyclic amines) is 1. The fourth-order valence-corrected chi connectivity index (χ4v) is 4.02. The lowest BCUT2D eigenvalue weighted by atomic mass is 9.76. The Labute approximate surface area is 120 Å². The van der Waals surface area contributed by atoms with Gasteiger partial charge in [-0.2, -0.15) is 0 Å². The fourth-order valence-electron chi connectivity index (χ4n) is 4.02. The van der Waals surface area contributed by atoms with Crippen LogP contribution >= 0.6 is 0 Å². The number of carboxylic acids is 1. The number of aliphatic carboxylic acids is 1. The van der Waals surface area contributed by atoms with Crippen LogP contribution in [0.15, 0.2) is 30.3 Å². The number of benzene rings is 1. The molecule has 0 aromatic heterocycles. The Morgan fingerprint density at radius 3 is 2.60 bits per heavy atom. The zero-order valence-corrected chi connectivity index (χ0v) is 11.9. The number of carbonyl (C=O) groups is 1. The summed E-state index contributed by atoms with van der Waals surface area (Å²) in [4.78, 5) is 13.9. The first-order chi connectivity index (χ1) is 9.75. The quantitative estimate of drug-likeness (QED) is 0.918. The minimum atomic E-state index is -0.648. The van der Waals surface area contributed by atoms with E-state index in [-0.39, 0.29) is 6.04 Å². The number of nitrogens with zero attached hydrogens (tertiary/aromatic N) is 1. The van der Waals surface area contributed by atoms with E-state index in [0.717, 1.165) is 19.4 Å². The van der Waals surface area contributed by atoms with Crippen molar-refractivity contribution in [1.29, 1.82) is 0 Å². The van der Waals surface area contributed by atoms with E-state index in [1.54, 1.807) is 0 Å². The van der Waals surface area contributed by atoms with Gasteiger partial charge in [-0.05, 0) is 37.2 Å². The second kappa shape index (κ2) is 5.96. The number of carboxylic acid groups (broad SMARTS) is 1. The average Bonchev–Trinajstić information content (AvgIpc) is 2.48. The van der Waals surface area contributed by atoms with Crippen LogP contribution in [-0.2, 0) is 11.3 Å². The summed E-state index contributed by atoms with van der Waals surface area (Å²) in [6.07, 6.45) is 6.91. The van der Waals surface area contributed by atoms with E-state index in [9.17, 15) is 9.90 Å². The monoisotopic (exact) mass is 273 g/mol. The van der Waals surface area contributed by atoms with Gasteiger partial charge in [0.2, 0.25) is 0 Å². The van der Waals surface area contributed by atoms with E-state index < -0.39 is 5.97 Å². The standard InChI is InChI=1S/C17H23NO2/c19-17(20)16-11-10-14-8-4-5-9-15(14)18(16)12-13-6-2-1-3-7-13/h1-3,6-7,14-16H,4-5,8-12H2,(H,19,20). The van der Waals surface area contributed by atoms with Crippen LogP contribution in [0, 0.1) is 5.92 Å². The summed E-state index contributed by atoms with van der Waals surface area (Å²) in [5, 5.41) is 9.54. The molecule has 3 nitrogen and oxygen atoms in total. The van der Waals surface area contributed by atoms with Crippen LogP contribution in [0.1, 0.15) is 44.1 Å². The Morgan fingerprint density at radius 1 is 1.10 bits per heavy atom. The molecule has 1 aliphatic carbocycles. The van der Waals surface area contributed by atoms with Crippen molar-refractivity contribution in [2.75, 3.05) is 0 Å². The van der Waals surface area contributed by atoms with Gasteiger partial charge in [-0.15, -0.1) is 0 Å². The lowest BCUT2D eigenvalue weighted by Crippen LogP contribution is -2.54. The molecule has 0 spiro atoms. The van der Waals surface area contributed by atoms with Crippen LogP contribution in [0.2, 0.25) is 0 Å². The Kier molecular flexibility index (Phi) is 4.06. The molecule has 0 radical (unpaired) electrons. The Balaban J connectivity index is 1.82. The summed E-state index contributed by atoms with van der Waals surface area (Å²) in [6.45, 7) is 0.777. The third-order valence-electron chi connectivity index (χ3n) is 5.00. The van der Waals surface area contributed by atoms with Crippen molar-refractivity contribution in [3.8, 4) is 0 Å². The van der Waals surface area contributed by atoms with Crippen LogP contribution in [0.5, 0.6) is 0 Å². The lowest BCUT2D eigenvalue weighted by molar-refractivity contribution is -0.148. The Morgan fingerprint density at radius 2 is 1.85 bits per heavy atom. The average molecular weight is 273 g/mol. The largest absolute Gasteiger partial charge is 0.480 e. The third-order valence-corrected chi connectivity index (χ3v) is 5.00. The van der Waals surface area contributed by atoms with Gasteiger partial charge >= 0.3 is 5.97 Å². The van der Waals surface area contributed by atoms with Crippen LogP contribution in [0.3, 0.4) is 0 Å². The number of hydrogen-bond acceptors (Lipinski definition) is 2. The fraction of sp³-hybridized carbons (Fsp3) is 0.588. The third kappa shape index (κ3) is 2.73. The summed E-state index contributed by atoms with van der Waals surface area (Å²) in [5.41, 5.74) is 1.23. The molecular weight excluding hydrogens is 250 g/mol. The molecule has 2 aliphatic rings. The number of piperidine rings is 1. The smallest absolute Gasteiger partial charge is 0.320 e. The molecule has 1 aliphatic heterocycles. The van der Waals surface area contributed by atoms with Crippen LogP contribution in [0.4, 0.5) is 0 Å². The topological polar surface area (TPSA) is 40.5 Å². The highest BCUT2D eigenvalue weighted by atomic mass is 16.4. The van der Waals surface area contributed by atoms with Crippen molar-refractivity contribution in [3.63, 3.8) is 0 Å². The normalized spacial score (nSPS) is 30.7. The summed E-state index contributed by atoms with van der Waals surface area (Å²) in [5.74, 6) is 0.0630. The minimum Gasteiger partial charge on any atom is -0.480 e. The van der Waals surface area contributed by atoms with Gasteiger partial charge in [0.15, 0.2) is 0 Å². The van der Waals surface area contributed by atoms with Gasteiger partial charge in [-0.3, -0.25) is 9.69 Å². The molecule has 20 heavy (non-hydrogen) atoms. The molecule has 1 saturated carbocycles. The second-order valence-corrected chi connectivity index (χ2v) is 6.20. The highest BCUT2D eigenvalue weighted by Gasteiger charge is 2.41. The molecule has 0 amide bonds. The Bertz CT molecular complexity index is 459. The predicted octanol–water partition coefficient (Wildman–Crippen LogP) is 3.29. The van der Waals surface area contributed by atoms with Crippen molar-refractivity contribution in [3.05, 3.63) is 35.9 Å². The maximum Gasteiger partial charge on any atom is 0.320 e. The van der Waals surface area contributed by atoms with Crippen molar-refractivity contribution in [1.82, 2.24) is 4.90 Å². The van der Waals surface area contributed by atoms with Gasteiger partial charge in [0.25, 0.3) is 0 Å². The van der Waals surface area contributed by atoms with Gasteiger partial charge < -0.3 is 5.11 Å². The summed E-state index contributed by atoms with van der Waals surface area (Å²) >= 11 is 0. The van der Waals surface area contributed by atoms with Gasteiger partial charge in [0.1, 0.15) is 6.04 Å². The van der Waals surface area contributed by atoms with Crippen LogP contribution < -0.4 is 0 Å². The van der Waals surface area contributed by atoms with Crippen molar-refractivity contribution in [2.45, 2.75) is 57.2 Å². The molecule has 1 aromatic carbocycles. The van der Waals surface area contributed by atoms with Gasteiger partial charge in [-0.25, -0.2) is 0 Å². The maximum atomic E-state index is 11.6. The first-order valence-corrected chi connectivity index (χ1v) is 7.78. The van der Waals surface area contributed by atoms with Crippen LogP contribution in [0.25, 0.3) is 0 Å². The zero-order valence-electron chi connectivity index (χ0n) is 11.9. The molecule has 2 fully saturated rings. The van der Waals surface area contributed by atoms with Gasteiger partial charge in [0.05, 0.1) is 0 Å². The van der Waals surface area contributed by atoms with Crippen LogP contribution in [-0.4, -0.2) is 28.1 Å². The second-order valence-electron chi connectivity index (χ2n) is 6.20. The number of fused-ring (bicyclic) bond motifs is 1. The molecular formula is C17H23NO2. The van der Waals surface area contributed by atoms with E-state index in [0.29, 0.717) is 12.0 Å². The first-order valence-electron chi connectivity index (χ1n) is 7.78. The zero-order chi connectivity index (χ0) is 13.9. The predicted molar refractivity (Wildman–Crippen MR) is 78.4 cm³/mol. The summed E-state index contributed by atoms with van der Waals surface area (Å²) in [7, 11) is 0. The highest BCUT2D eigenvalue weighted by Crippen LogP contribution is 2.38. The van der Waals surface area contributed by atoms with E-state index in [1.165, 1.54) is 31.2 Å². The molecule has 1 saturated heterocycles. The summed E-state index contributed by atoms with van der Waals surface area (Å²) in [6, 6.07) is 10.5. The van der Waals surface area contributed by atoms with E-state index in [4.69, 9.17) is 0 Å². The Hall–Kier alpha value is -1.35. The van der Waals surface area contributed by atoms with E-state index >= 15 is 0 Å². The molecule has 1 N–H and O–H groups in total.